The van der Waals surface area contributed by atoms with Crippen LogP contribution in [-0.4, -0.2) is 49.0 Å². The molecular weight excluding hydrogens is 454 g/mol. The highest BCUT2D eigenvalue weighted by molar-refractivity contribution is 7.17. The van der Waals surface area contributed by atoms with E-state index < -0.39 is 11.8 Å². The first-order valence-corrected chi connectivity index (χ1v) is 11.6. The molecule has 1 aliphatic heterocycles. The number of morpholine rings is 1. The first-order chi connectivity index (χ1) is 16.4. The van der Waals surface area contributed by atoms with E-state index in [9.17, 15) is 14.4 Å². The van der Waals surface area contributed by atoms with Crippen LogP contribution >= 0.6 is 11.3 Å². The van der Waals surface area contributed by atoms with Gasteiger partial charge in [-0.05, 0) is 43.7 Å². The Labute approximate surface area is 201 Å². The summed E-state index contributed by atoms with van der Waals surface area (Å²) in [6.07, 6.45) is 0. The van der Waals surface area contributed by atoms with Crippen molar-refractivity contribution in [3.63, 3.8) is 0 Å². The number of carbonyl (C=O) groups excluding carboxylic acids is 3. The van der Waals surface area contributed by atoms with Gasteiger partial charge in [-0.1, -0.05) is 35.6 Å². The van der Waals surface area contributed by atoms with Crippen molar-refractivity contribution in [1.29, 1.82) is 0 Å². The number of nitrogens with one attached hydrogen (secondary N) is 3. The molecule has 0 atom stereocenters. The lowest BCUT2D eigenvalue weighted by atomic mass is 10.1. The third kappa shape index (κ3) is 5.41. The number of anilines is 2. The van der Waals surface area contributed by atoms with Crippen LogP contribution in [0.2, 0.25) is 0 Å². The third-order valence-electron chi connectivity index (χ3n) is 5.35. The molecule has 0 unspecified atom stereocenters. The fourth-order valence-electron chi connectivity index (χ4n) is 3.41. The second-order valence-electron chi connectivity index (χ2n) is 7.77. The van der Waals surface area contributed by atoms with E-state index in [0.29, 0.717) is 40.6 Å². The van der Waals surface area contributed by atoms with Crippen molar-refractivity contribution < 1.29 is 19.1 Å². The van der Waals surface area contributed by atoms with Gasteiger partial charge in [-0.3, -0.25) is 25.2 Å². The number of carbonyl (C=O) groups is 3. The van der Waals surface area contributed by atoms with Gasteiger partial charge in [0.2, 0.25) is 0 Å². The van der Waals surface area contributed by atoms with Crippen molar-refractivity contribution in [2.45, 2.75) is 13.8 Å². The largest absolute Gasteiger partial charge is 0.378 e. The normalized spacial score (nSPS) is 13.3. The SMILES string of the molecule is Cc1ccc(C(=O)NNC(=O)c2sc(N3CCOCC3)nc2C)cc1NC(=O)c1ccccc1. The molecular formula is C24H25N5O4S. The summed E-state index contributed by atoms with van der Waals surface area (Å²) in [5, 5.41) is 3.59. The molecule has 0 aliphatic carbocycles. The summed E-state index contributed by atoms with van der Waals surface area (Å²) in [5.74, 6) is -1.21. The quantitative estimate of drug-likeness (QED) is 0.485. The Balaban J connectivity index is 1.39. The van der Waals surface area contributed by atoms with Crippen LogP contribution in [0.5, 0.6) is 0 Å². The van der Waals surface area contributed by atoms with Crippen LogP contribution in [0.3, 0.4) is 0 Å². The maximum absolute atomic E-state index is 12.7. The van der Waals surface area contributed by atoms with E-state index in [2.05, 4.69) is 26.1 Å². The number of hydrogen-bond acceptors (Lipinski definition) is 7. The van der Waals surface area contributed by atoms with Crippen LogP contribution in [0.1, 0.15) is 41.6 Å². The highest BCUT2D eigenvalue weighted by Crippen LogP contribution is 2.26. The van der Waals surface area contributed by atoms with Crippen molar-refractivity contribution in [2.75, 3.05) is 36.5 Å². The maximum atomic E-state index is 12.7. The zero-order valence-corrected chi connectivity index (χ0v) is 19.7. The molecule has 0 spiro atoms. The summed E-state index contributed by atoms with van der Waals surface area (Å²) in [7, 11) is 0. The van der Waals surface area contributed by atoms with E-state index in [4.69, 9.17) is 4.74 Å². The summed E-state index contributed by atoms with van der Waals surface area (Å²) in [4.78, 5) is 44.8. The number of thiazole rings is 1. The fraction of sp³-hybridized carbons (Fsp3) is 0.250. The summed E-state index contributed by atoms with van der Waals surface area (Å²) in [5.41, 5.74) is 7.62. The molecule has 1 fully saturated rings. The number of hydrogen-bond donors (Lipinski definition) is 3. The van der Waals surface area contributed by atoms with Gasteiger partial charge in [0.1, 0.15) is 4.88 Å². The summed E-state index contributed by atoms with van der Waals surface area (Å²) >= 11 is 1.28. The van der Waals surface area contributed by atoms with Crippen LogP contribution in [-0.2, 0) is 4.74 Å². The van der Waals surface area contributed by atoms with Crippen molar-refractivity contribution in [1.82, 2.24) is 15.8 Å². The molecule has 3 N–H and O–H groups in total. The molecule has 9 nitrogen and oxygen atoms in total. The topological polar surface area (TPSA) is 113 Å². The molecule has 3 aromatic rings. The zero-order valence-electron chi connectivity index (χ0n) is 18.9. The van der Waals surface area contributed by atoms with E-state index in [1.807, 2.05) is 13.0 Å². The molecule has 1 saturated heterocycles. The van der Waals surface area contributed by atoms with Gasteiger partial charge in [0.15, 0.2) is 5.13 Å². The van der Waals surface area contributed by atoms with E-state index in [0.717, 1.165) is 23.8 Å². The van der Waals surface area contributed by atoms with Gasteiger partial charge in [0, 0.05) is 29.9 Å². The van der Waals surface area contributed by atoms with Crippen LogP contribution < -0.4 is 21.1 Å². The smallest absolute Gasteiger partial charge is 0.281 e. The van der Waals surface area contributed by atoms with E-state index >= 15 is 0 Å². The highest BCUT2D eigenvalue weighted by atomic mass is 32.1. The van der Waals surface area contributed by atoms with Crippen LogP contribution in [0.25, 0.3) is 0 Å². The van der Waals surface area contributed by atoms with Crippen LogP contribution in [0.4, 0.5) is 10.8 Å². The molecule has 1 aliphatic rings. The van der Waals surface area contributed by atoms with Gasteiger partial charge in [-0.25, -0.2) is 4.98 Å². The molecule has 176 valence electrons. The Bertz CT molecular complexity index is 1210. The van der Waals surface area contributed by atoms with Crippen LogP contribution in [0, 0.1) is 13.8 Å². The lowest BCUT2D eigenvalue weighted by Gasteiger charge is -2.25. The molecule has 0 bridgehead atoms. The molecule has 0 saturated carbocycles. The van der Waals surface area contributed by atoms with Crippen molar-refractivity contribution >= 4 is 39.9 Å². The Morgan fingerprint density at radius 1 is 0.912 bits per heavy atom. The number of rotatable bonds is 5. The molecule has 10 heteroatoms. The number of hydrazine groups is 1. The van der Waals surface area contributed by atoms with Crippen molar-refractivity contribution in [2.24, 2.45) is 0 Å². The number of nitrogens with zero attached hydrogens (tertiary/aromatic N) is 2. The van der Waals surface area contributed by atoms with Crippen molar-refractivity contribution in [3.8, 4) is 0 Å². The molecule has 34 heavy (non-hydrogen) atoms. The van der Waals surface area contributed by atoms with Gasteiger partial charge in [0.05, 0.1) is 18.9 Å². The predicted molar refractivity (Wildman–Crippen MR) is 130 cm³/mol. The monoisotopic (exact) mass is 479 g/mol. The Morgan fingerprint density at radius 3 is 2.35 bits per heavy atom. The van der Waals surface area contributed by atoms with E-state index in [1.165, 1.54) is 11.3 Å². The fourth-order valence-corrected chi connectivity index (χ4v) is 4.42. The average molecular weight is 480 g/mol. The minimum atomic E-state index is -0.501. The summed E-state index contributed by atoms with van der Waals surface area (Å²) in [6, 6.07) is 13.8. The summed E-state index contributed by atoms with van der Waals surface area (Å²) in [6.45, 7) is 6.30. The molecule has 4 rings (SSSR count). The van der Waals surface area contributed by atoms with Crippen molar-refractivity contribution in [3.05, 3.63) is 75.8 Å². The third-order valence-corrected chi connectivity index (χ3v) is 6.56. The Morgan fingerprint density at radius 2 is 1.62 bits per heavy atom. The van der Waals surface area contributed by atoms with Gasteiger partial charge in [0.25, 0.3) is 17.7 Å². The zero-order chi connectivity index (χ0) is 24.1. The van der Waals surface area contributed by atoms with Gasteiger partial charge < -0.3 is 15.0 Å². The van der Waals surface area contributed by atoms with Crippen LogP contribution in [0.15, 0.2) is 48.5 Å². The second-order valence-corrected chi connectivity index (χ2v) is 8.75. The Kier molecular flexibility index (Phi) is 7.19. The molecule has 3 amide bonds. The number of benzene rings is 2. The lowest BCUT2D eigenvalue weighted by Crippen LogP contribution is -2.41. The average Bonchev–Trinajstić information content (AvgIpc) is 3.26. The van der Waals surface area contributed by atoms with Gasteiger partial charge in [-0.15, -0.1) is 0 Å². The molecule has 2 heterocycles. The number of aryl methyl sites for hydroxylation is 2. The van der Waals surface area contributed by atoms with Gasteiger partial charge in [-0.2, -0.15) is 0 Å². The predicted octanol–water partition coefficient (Wildman–Crippen LogP) is 2.92. The highest BCUT2D eigenvalue weighted by Gasteiger charge is 2.21. The number of aromatic nitrogens is 1. The van der Waals surface area contributed by atoms with E-state index in [1.54, 1.807) is 49.4 Å². The second kappa shape index (κ2) is 10.4. The maximum Gasteiger partial charge on any atom is 0.281 e. The summed E-state index contributed by atoms with van der Waals surface area (Å²) < 4.78 is 5.36. The minimum Gasteiger partial charge on any atom is -0.378 e. The lowest BCUT2D eigenvalue weighted by molar-refractivity contribution is 0.0848. The molecule has 2 aromatic carbocycles. The molecule has 0 radical (unpaired) electrons. The standard InChI is InChI=1S/C24H25N5O4S/c1-15-8-9-18(14-19(15)26-21(30)17-6-4-3-5-7-17)22(31)27-28-23(32)20-16(2)25-24(34-20)29-10-12-33-13-11-29/h3-9,14H,10-13H2,1-2H3,(H,26,30)(H,27,31)(H,28,32). The molecule has 1 aromatic heterocycles. The Hall–Kier alpha value is -3.76. The number of ether oxygens (including phenoxy) is 1. The van der Waals surface area contributed by atoms with E-state index in [-0.39, 0.29) is 5.91 Å². The minimum absolute atomic E-state index is 0.272. The first kappa shape index (κ1) is 23.4. The van der Waals surface area contributed by atoms with Gasteiger partial charge >= 0.3 is 0 Å². The number of amides is 3. The first-order valence-electron chi connectivity index (χ1n) is 10.8.